The molecule has 0 bridgehead atoms. The average Bonchev–Trinajstić information content (AvgIpc) is 2.28. The van der Waals surface area contributed by atoms with Crippen LogP contribution in [-0.2, 0) is 9.53 Å². The van der Waals surface area contributed by atoms with Gasteiger partial charge in [-0.25, -0.2) is 4.79 Å². The highest BCUT2D eigenvalue weighted by Crippen LogP contribution is 2.27. The number of carboxylic acid groups (broad SMARTS) is 1. The highest BCUT2D eigenvalue weighted by atomic mass is 35.5. The molecule has 3 N–H and O–H groups in total. The minimum Gasteiger partial charge on any atom is -0.496 e. The van der Waals surface area contributed by atoms with Crippen LogP contribution in [0, 0.1) is 0 Å². The Balaban J connectivity index is 2.69. The molecule has 0 saturated carbocycles. The number of rotatable bonds is 6. The lowest BCUT2D eigenvalue weighted by Gasteiger charge is -2.15. The van der Waals surface area contributed by atoms with Crippen LogP contribution in [0.1, 0.15) is 11.6 Å². The maximum absolute atomic E-state index is 10.3. The quantitative estimate of drug-likeness (QED) is 0.808. The average molecular weight is 260 g/mol. The number of ether oxygens (including phenoxy) is 2. The van der Waals surface area contributed by atoms with Crippen molar-refractivity contribution in [2.45, 2.75) is 6.04 Å². The van der Waals surface area contributed by atoms with Crippen LogP contribution in [0.5, 0.6) is 5.75 Å². The van der Waals surface area contributed by atoms with Crippen molar-refractivity contribution in [1.29, 1.82) is 0 Å². The second-order valence-corrected chi connectivity index (χ2v) is 3.84. The number of halogens is 1. The van der Waals surface area contributed by atoms with Crippen LogP contribution in [0.4, 0.5) is 0 Å². The summed E-state index contributed by atoms with van der Waals surface area (Å²) in [5.74, 6) is -0.434. The Hall–Kier alpha value is -1.30. The van der Waals surface area contributed by atoms with Gasteiger partial charge in [-0.1, -0.05) is 11.6 Å². The lowest BCUT2D eigenvalue weighted by molar-refractivity contribution is -0.142. The van der Waals surface area contributed by atoms with E-state index in [4.69, 9.17) is 31.9 Å². The molecule has 94 valence electrons. The van der Waals surface area contributed by atoms with Gasteiger partial charge in [0.2, 0.25) is 0 Å². The summed E-state index contributed by atoms with van der Waals surface area (Å²) < 4.78 is 10.1. The number of hydrogen-bond donors (Lipinski definition) is 2. The van der Waals surface area contributed by atoms with Gasteiger partial charge in [-0.15, -0.1) is 0 Å². The molecule has 6 heteroatoms. The van der Waals surface area contributed by atoms with Gasteiger partial charge in [0.05, 0.1) is 19.8 Å². The van der Waals surface area contributed by atoms with Crippen molar-refractivity contribution < 1.29 is 19.4 Å². The predicted octanol–water partition coefficient (Wildman–Crippen LogP) is 1.45. The lowest BCUT2D eigenvalue weighted by Crippen LogP contribution is -2.20. The maximum atomic E-state index is 10.3. The van der Waals surface area contributed by atoms with Crippen LogP contribution in [0.2, 0.25) is 5.02 Å². The topological polar surface area (TPSA) is 81.8 Å². The summed E-state index contributed by atoms with van der Waals surface area (Å²) in [4.78, 5) is 10.3. The van der Waals surface area contributed by atoms with E-state index in [1.807, 2.05) is 0 Å². The third-order valence-electron chi connectivity index (χ3n) is 2.11. The first-order valence-electron chi connectivity index (χ1n) is 4.93. The molecule has 0 aromatic heterocycles. The van der Waals surface area contributed by atoms with E-state index in [0.29, 0.717) is 16.3 Å². The van der Waals surface area contributed by atoms with Crippen molar-refractivity contribution in [2.75, 3.05) is 20.3 Å². The van der Waals surface area contributed by atoms with Gasteiger partial charge in [-0.2, -0.15) is 0 Å². The number of carboxylic acids is 1. The predicted molar refractivity (Wildman–Crippen MR) is 63.4 cm³/mol. The molecule has 1 aromatic carbocycles. The van der Waals surface area contributed by atoms with Crippen LogP contribution < -0.4 is 10.5 Å². The molecule has 0 aliphatic heterocycles. The number of hydrogen-bond acceptors (Lipinski definition) is 4. The minimum atomic E-state index is -1.03. The first-order valence-corrected chi connectivity index (χ1v) is 5.31. The Morgan fingerprint density at radius 2 is 2.29 bits per heavy atom. The van der Waals surface area contributed by atoms with E-state index in [0.717, 1.165) is 0 Å². The summed E-state index contributed by atoms with van der Waals surface area (Å²) in [6, 6.07) is 4.58. The molecule has 1 rings (SSSR count). The summed E-state index contributed by atoms with van der Waals surface area (Å²) in [5, 5.41) is 8.97. The van der Waals surface area contributed by atoms with Gasteiger partial charge in [-0.3, -0.25) is 0 Å². The number of carbonyl (C=O) groups is 1. The van der Waals surface area contributed by atoms with E-state index in [9.17, 15) is 4.79 Å². The Morgan fingerprint density at radius 3 is 2.88 bits per heavy atom. The lowest BCUT2D eigenvalue weighted by atomic mass is 10.1. The Morgan fingerprint density at radius 1 is 1.59 bits per heavy atom. The monoisotopic (exact) mass is 259 g/mol. The first-order chi connectivity index (χ1) is 8.04. The largest absolute Gasteiger partial charge is 0.496 e. The minimum absolute atomic E-state index is 0.0863. The molecule has 1 atom stereocenters. The van der Waals surface area contributed by atoms with Gasteiger partial charge in [0.25, 0.3) is 0 Å². The Kier molecular flexibility index (Phi) is 5.21. The van der Waals surface area contributed by atoms with E-state index >= 15 is 0 Å². The number of aliphatic carboxylic acids is 1. The molecule has 0 aliphatic rings. The zero-order chi connectivity index (χ0) is 12.8. The van der Waals surface area contributed by atoms with Gasteiger partial charge < -0.3 is 20.3 Å². The van der Waals surface area contributed by atoms with E-state index in [1.54, 1.807) is 18.2 Å². The second-order valence-electron chi connectivity index (χ2n) is 3.40. The van der Waals surface area contributed by atoms with Gasteiger partial charge in [0.1, 0.15) is 12.4 Å². The van der Waals surface area contributed by atoms with Crippen molar-refractivity contribution in [3.63, 3.8) is 0 Å². The summed E-state index contributed by atoms with van der Waals surface area (Å²) in [5.41, 5.74) is 6.56. The SMILES string of the molecule is COc1ccc(Cl)cc1C(N)COCC(=O)O. The molecule has 0 radical (unpaired) electrons. The molecular formula is C11H14ClNO4. The zero-order valence-corrected chi connectivity index (χ0v) is 10.1. The van der Waals surface area contributed by atoms with Crippen molar-refractivity contribution in [2.24, 2.45) is 5.73 Å². The molecule has 0 aliphatic carbocycles. The van der Waals surface area contributed by atoms with Crippen molar-refractivity contribution in [3.8, 4) is 5.75 Å². The van der Waals surface area contributed by atoms with Crippen LogP contribution in [-0.4, -0.2) is 31.4 Å². The van der Waals surface area contributed by atoms with Crippen LogP contribution in [0.25, 0.3) is 0 Å². The summed E-state index contributed by atoms with van der Waals surface area (Å²) in [6.45, 7) is -0.292. The van der Waals surface area contributed by atoms with Crippen LogP contribution in [0.3, 0.4) is 0 Å². The van der Waals surface area contributed by atoms with Gasteiger partial charge >= 0.3 is 5.97 Å². The molecule has 1 aromatic rings. The third-order valence-corrected chi connectivity index (χ3v) is 2.35. The molecule has 0 saturated heterocycles. The van der Waals surface area contributed by atoms with E-state index in [-0.39, 0.29) is 13.2 Å². The van der Waals surface area contributed by atoms with Gasteiger partial charge in [-0.05, 0) is 18.2 Å². The second kappa shape index (κ2) is 6.44. The molecule has 0 heterocycles. The fraction of sp³-hybridized carbons (Fsp3) is 0.364. The van der Waals surface area contributed by atoms with Crippen molar-refractivity contribution in [3.05, 3.63) is 28.8 Å². The summed E-state index contributed by atoms with van der Waals surface area (Å²) >= 11 is 5.86. The Bertz CT molecular complexity index is 397. The number of methoxy groups -OCH3 is 1. The highest BCUT2D eigenvalue weighted by molar-refractivity contribution is 6.30. The number of benzene rings is 1. The number of nitrogens with two attached hydrogens (primary N) is 1. The third kappa shape index (κ3) is 4.22. The maximum Gasteiger partial charge on any atom is 0.329 e. The highest BCUT2D eigenvalue weighted by Gasteiger charge is 2.13. The van der Waals surface area contributed by atoms with Crippen LogP contribution >= 0.6 is 11.6 Å². The summed E-state index contributed by atoms with van der Waals surface area (Å²) in [7, 11) is 1.53. The van der Waals surface area contributed by atoms with E-state index in [1.165, 1.54) is 7.11 Å². The molecule has 0 spiro atoms. The Labute approximate surface area is 104 Å². The molecule has 1 unspecified atom stereocenters. The van der Waals surface area contributed by atoms with Crippen molar-refractivity contribution in [1.82, 2.24) is 0 Å². The van der Waals surface area contributed by atoms with Crippen LogP contribution in [0.15, 0.2) is 18.2 Å². The van der Waals surface area contributed by atoms with E-state index in [2.05, 4.69) is 0 Å². The smallest absolute Gasteiger partial charge is 0.329 e. The fourth-order valence-electron chi connectivity index (χ4n) is 1.36. The first kappa shape index (κ1) is 13.8. The van der Waals surface area contributed by atoms with E-state index < -0.39 is 12.0 Å². The zero-order valence-electron chi connectivity index (χ0n) is 9.35. The molecular weight excluding hydrogens is 246 g/mol. The molecule has 17 heavy (non-hydrogen) atoms. The van der Waals surface area contributed by atoms with Gasteiger partial charge in [0.15, 0.2) is 0 Å². The fourth-order valence-corrected chi connectivity index (χ4v) is 1.54. The molecule has 5 nitrogen and oxygen atoms in total. The normalized spacial score (nSPS) is 12.2. The molecule has 0 amide bonds. The van der Waals surface area contributed by atoms with Gasteiger partial charge in [0, 0.05) is 10.6 Å². The van der Waals surface area contributed by atoms with Crippen molar-refractivity contribution >= 4 is 17.6 Å². The summed E-state index contributed by atoms with van der Waals surface area (Å²) in [6.07, 6.45) is 0. The standard InChI is InChI=1S/C11H14ClNO4/c1-16-10-3-2-7(12)4-8(10)9(13)5-17-6-11(14)15/h2-4,9H,5-6,13H2,1H3,(H,14,15). The molecule has 0 fully saturated rings.